The molecule has 0 spiro atoms. The van der Waals surface area contributed by atoms with Gasteiger partial charge >= 0.3 is 0 Å². The third-order valence-electron chi connectivity index (χ3n) is 2.18. The minimum absolute atomic E-state index is 0.304. The van der Waals surface area contributed by atoms with E-state index in [-0.39, 0.29) is 6.10 Å². The molecule has 1 heterocycles. The predicted octanol–water partition coefficient (Wildman–Crippen LogP) is 2.85. The Labute approximate surface area is 91.1 Å². The molecule has 0 bridgehead atoms. The second kappa shape index (κ2) is 3.75. The molecule has 2 N–H and O–H groups in total. The molecule has 2 aromatic rings. The Bertz CT molecular complexity index is 447. The average Bonchev–Trinajstić information content (AvgIpc) is 2.47. The number of aliphatic hydroxyl groups excluding tert-OH is 1. The van der Waals surface area contributed by atoms with Crippen LogP contribution in [-0.2, 0) is 6.42 Å². The summed E-state index contributed by atoms with van der Waals surface area (Å²) in [4.78, 5) is 3.28. The highest BCUT2D eigenvalue weighted by Gasteiger charge is 2.05. The van der Waals surface area contributed by atoms with Crippen LogP contribution in [-0.4, -0.2) is 16.2 Å². The van der Waals surface area contributed by atoms with Gasteiger partial charge in [0.15, 0.2) is 0 Å². The van der Waals surface area contributed by atoms with Crippen LogP contribution < -0.4 is 0 Å². The molecule has 1 aromatic heterocycles. The molecule has 2 rings (SSSR count). The summed E-state index contributed by atoms with van der Waals surface area (Å²) in [5, 5.41) is 10.4. The fourth-order valence-electron chi connectivity index (χ4n) is 1.60. The Morgan fingerprint density at radius 3 is 2.93 bits per heavy atom. The number of halogens is 1. The van der Waals surface area contributed by atoms with E-state index in [1.807, 2.05) is 18.2 Å². The Morgan fingerprint density at radius 1 is 1.50 bits per heavy atom. The van der Waals surface area contributed by atoms with Crippen LogP contribution >= 0.6 is 15.9 Å². The monoisotopic (exact) mass is 253 g/mol. The lowest BCUT2D eigenvalue weighted by Crippen LogP contribution is -2.03. The van der Waals surface area contributed by atoms with Gasteiger partial charge in [-0.15, -0.1) is 0 Å². The van der Waals surface area contributed by atoms with Crippen LogP contribution in [0.3, 0.4) is 0 Å². The topological polar surface area (TPSA) is 36.0 Å². The molecular weight excluding hydrogens is 242 g/mol. The Morgan fingerprint density at radius 2 is 2.29 bits per heavy atom. The maximum atomic E-state index is 9.27. The molecule has 1 unspecified atom stereocenters. The van der Waals surface area contributed by atoms with Crippen LogP contribution in [0.25, 0.3) is 10.9 Å². The molecule has 2 nitrogen and oxygen atoms in total. The van der Waals surface area contributed by atoms with Crippen molar-refractivity contribution >= 4 is 26.8 Å². The van der Waals surface area contributed by atoms with Gasteiger partial charge in [-0.2, -0.15) is 0 Å². The number of aromatic nitrogens is 1. The number of hydrogen-bond donors (Lipinski definition) is 2. The van der Waals surface area contributed by atoms with Crippen molar-refractivity contribution in [1.29, 1.82) is 0 Å². The molecule has 0 amide bonds. The first-order valence-electron chi connectivity index (χ1n) is 4.61. The van der Waals surface area contributed by atoms with Crippen LogP contribution in [0.5, 0.6) is 0 Å². The third-order valence-corrected chi connectivity index (χ3v) is 2.87. The number of hydrogen-bond acceptors (Lipinski definition) is 1. The lowest BCUT2D eigenvalue weighted by atomic mass is 10.2. The molecule has 0 saturated heterocycles. The highest BCUT2D eigenvalue weighted by atomic mass is 79.9. The molecule has 0 saturated carbocycles. The van der Waals surface area contributed by atoms with E-state index in [0.717, 1.165) is 15.7 Å². The normalized spacial score (nSPS) is 13.4. The smallest absolute Gasteiger partial charge is 0.0566 e. The zero-order valence-corrected chi connectivity index (χ0v) is 9.51. The van der Waals surface area contributed by atoms with Gasteiger partial charge in [0.2, 0.25) is 0 Å². The fraction of sp³-hybridized carbons (Fsp3) is 0.273. The molecule has 74 valence electrons. The minimum Gasteiger partial charge on any atom is -0.393 e. The first-order valence-corrected chi connectivity index (χ1v) is 5.40. The number of aliphatic hydroxyl groups is 1. The molecule has 0 aliphatic rings. The predicted molar refractivity (Wildman–Crippen MR) is 61.4 cm³/mol. The maximum absolute atomic E-state index is 9.27. The van der Waals surface area contributed by atoms with E-state index in [9.17, 15) is 5.11 Å². The van der Waals surface area contributed by atoms with Crippen molar-refractivity contribution in [2.75, 3.05) is 0 Å². The Kier molecular flexibility index (Phi) is 2.61. The maximum Gasteiger partial charge on any atom is 0.0566 e. The van der Waals surface area contributed by atoms with E-state index < -0.39 is 0 Å². The highest BCUT2D eigenvalue weighted by Crippen LogP contribution is 2.24. The summed E-state index contributed by atoms with van der Waals surface area (Å²) in [5.41, 5.74) is 2.18. The van der Waals surface area contributed by atoms with E-state index in [4.69, 9.17) is 0 Å². The van der Waals surface area contributed by atoms with Crippen molar-refractivity contribution in [3.05, 3.63) is 34.4 Å². The summed E-state index contributed by atoms with van der Waals surface area (Å²) in [6.45, 7) is 1.79. The molecule has 0 aliphatic heterocycles. The largest absolute Gasteiger partial charge is 0.393 e. The second-order valence-electron chi connectivity index (χ2n) is 3.55. The summed E-state index contributed by atoms with van der Waals surface area (Å²) < 4.78 is 1.09. The number of benzene rings is 1. The van der Waals surface area contributed by atoms with Crippen molar-refractivity contribution in [2.24, 2.45) is 0 Å². The minimum atomic E-state index is -0.304. The average molecular weight is 254 g/mol. The molecule has 14 heavy (non-hydrogen) atoms. The van der Waals surface area contributed by atoms with Gasteiger partial charge in [0.05, 0.1) is 6.10 Å². The van der Waals surface area contributed by atoms with Crippen LogP contribution in [0.4, 0.5) is 0 Å². The van der Waals surface area contributed by atoms with Gasteiger partial charge in [-0.1, -0.05) is 22.0 Å². The van der Waals surface area contributed by atoms with Gasteiger partial charge in [-0.3, -0.25) is 0 Å². The summed E-state index contributed by atoms with van der Waals surface area (Å²) >= 11 is 3.49. The quantitative estimate of drug-likeness (QED) is 0.849. The molecular formula is C11H12BrNO. The van der Waals surface area contributed by atoms with E-state index in [2.05, 4.69) is 27.0 Å². The van der Waals surface area contributed by atoms with Crippen molar-refractivity contribution < 1.29 is 5.11 Å². The van der Waals surface area contributed by atoms with Crippen LogP contribution in [0.15, 0.2) is 28.7 Å². The SMILES string of the molecule is CC(O)Cc1cc2c(Br)cccc2[nH]1. The number of fused-ring (bicyclic) bond motifs is 1. The van der Waals surface area contributed by atoms with Crippen molar-refractivity contribution in [3.8, 4) is 0 Å². The van der Waals surface area contributed by atoms with Gasteiger partial charge < -0.3 is 10.1 Å². The van der Waals surface area contributed by atoms with Gasteiger partial charge in [0.1, 0.15) is 0 Å². The number of nitrogens with one attached hydrogen (secondary N) is 1. The van der Waals surface area contributed by atoms with E-state index in [0.29, 0.717) is 6.42 Å². The first kappa shape index (κ1) is 9.74. The van der Waals surface area contributed by atoms with Gasteiger partial charge in [-0.05, 0) is 25.1 Å². The molecule has 0 radical (unpaired) electrons. The van der Waals surface area contributed by atoms with E-state index in [1.165, 1.54) is 5.39 Å². The van der Waals surface area contributed by atoms with E-state index >= 15 is 0 Å². The number of H-pyrrole nitrogens is 1. The Hall–Kier alpha value is -0.800. The van der Waals surface area contributed by atoms with Crippen LogP contribution in [0.2, 0.25) is 0 Å². The standard InChI is InChI=1S/C11H12BrNO/c1-7(14)5-8-6-9-10(12)3-2-4-11(9)13-8/h2-4,6-7,13-14H,5H2,1H3. The molecule has 0 fully saturated rings. The van der Waals surface area contributed by atoms with E-state index in [1.54, 1.807) is 6.92 Å². The van der Waals surface area contributed by atoms with Crippen molar-refractivity contribution in [1.82, 2.24) is 4.98 Å². The molecule has 1 aromatic carbocycles. The van der Waals surface area contributed by atoms with Crippen molar-refractivity contribution in [3.63, 3.8) is 0 Å². The van der Waals surface area contributed by atoms with Crippen molar-refractivity contribution in [2.45, 2.75) is 19.4 Å². The number of aromatic amines is 1. The lowest BCUT2D eigenvalue weighted by Gasteiger charge is -1.99. The first-order chi connectivity index (χ1) is 6.66. The molecule has 1 atom stereocenters. The van der Waals surface area contributed by atoms with Gasteiger partial charge in [0, 0.05) is 27.5 Å². The van der Waals surface area contributed by atoms with Gasteiger partial charge in [0.25, 0.3) is 0 Å². The number of rotatable bonds is 2. The highest BCUT2D eigenvalue weighted by molar-refractivity contribution is 9.10. The Balaban J connectivity index is 2.46. The van der Waals surface area contributed by atoms with Gasteiger partial charge in [-0.25, -0.2) is 0 Å². The van der Waals surface area contributed by atoms with Crippen LogP contribution in [0.1, 0.15) is 12.6 Å². The van der Waals surface area contributed by atoms with Crippen LogP contribution in [0, 0.1) is 0 Å². The summed E-state index contributed by atoms with van der Waals surface area (Å²) in [6, 6.07) is 8.12. The zero-order valence-electron chi connectivity index (χ0n) is 7.92. The zero-order chi connectivity index (χ0) is 10.1. The molecule has 3 heteroatoms. The third kappa shape index (κ3) is 1.83. The second-order valence-corrected chi connectivity index (χ2v) is 4.40. The lowest BCUT2D eigenvalue weighted by molar-refractivity contribution is 0.194. The molecule has 0 aliphatic carbocycles. The summed E-state index contributed by atoms with van der Waals surface area (Å²) in [6.07, 6.45) is 0.364. The summed E-state index contributed by atoms with van der Waals surface area (Å²) in [7, 11) is 0. The summed E-state index contributed by atoms with van der Waals surface area (Å²) in [5.74, 6) is 0. The fourth-order valence-corrected chi connectivity index (χ4v) is 2.08.